The molecule has 94 valence electrons. The smallest absolute Gasteiger partial charge is 0.309 e. The highest BCUT2D eigenvalue weighted by Gasteiger charge is 2.28. The van der Waals surface area contributed by atoms with Crippen molar-refractivity contribution in [2.24, 2.45) is 17.0 Å². The van der Waals surface area contributed by atoms with Gasteiger partial charge in [-0.1, -0.05) is 5.11 Å². The molecule has 1 saturated carbocycles. The van der Waals surface area contributed by atoms with Gasteiger partial charge in [-0.15, -0.1) is 0 Å². The normalized spacial score (nSPS) is 23.5. The predicted molar refractivity (Wildman–Crippen MR) is 57.8 cm³/mol. The summed E-state index contributed by atoms with van der Waals surface area (Å²) in [6.45, 7) is -0.273. The van der Waals surface area contributed by atoms with Crippen LogP contribution in [0.15, 0.2) is 5.11 Å². The summed E-state index contributed by atoms with van der Waals surface area (Å²) in [4.78, 5) is 24.5. The van der Waals surface area contributed by atoms with E-state index >= 15 is 0 Å². The third kappa shape index (κ3) is 4.74. The summed E-state index contributed by atoms with van der Waals surface area (Å²) >= 11 is 0. The second kappa shape index (κ2) is 6.75. The molecule has 0 unspecified atom stereocenters. The van der Waals surface area contributed by atoms with Crippen LogP contribution >= 0.6 is 0 Å². The first-order valence-corrected chi connectivity index (χ1v) is 5.52. The van der Waals surface area contributed by atoms with Gasteiger partial charge in [0.2, 0.25) is 0 Å². The maximum absolute atomic E-state index is 11.5. The van der Waals surface area contributed by atoms with E-state index in [0.29, 0.717) is 12.8 Å². The molecule has 1 rings (SSSR count). The number of aliphatic carboxylic acids is 1. The second-order valence-electron chi connectivity index (χ2n) is 4.14. The van der Waals surface area contributed by atoms with E-state index in [0.717, 1.165) is 12.8 Å². The minimum absolute atomic E-state index is 0.161. The van der Waals surface area contributed by atoms with Gasteiger partial charge in [-0.2, -0.15) is 0 Å². The van der Waals surface area contributed by atoms with Crippen LogP contribution in [0.1, 0.15) is 32.1 Å². The van der Waals surface area contributed by atoms with E-state index in [4.69, 9.17) is 15.4 Å². The first-order valence-electron chi connectivity index (χ1n) is 5.52. The molecule has 0 aromatic heterocycles. The summed E-state index contributed by atoms with van der Waals surface area (Å²) in [6, 6.07) is 0. The zero-order chi connectivity index (χ0) is 12.7. The van der Waals surface area contributed by atoms with E-state index in [2.05, 4.69) is 10.0 Å². The molecular weight excluding hydrogens is 226 g/mol. The van der Waals surface area contributed by atoms with Crippen molar-refractivity contribution in [1.82, 2.24) is 0 Å². The number of azide groups is 1. The molecule has 0 heterocycles. The molecule has 0 radical (unpaired) electrons. The SMILES string of the molecule is [N-]=[N+]=NCOC(=O)[C@H]1CC[C@@H](CC(=O)O)CC1. The first kappa shape index (κ1) is 13.3. The van der Waals surface area contributed by atoms with Crippen LogP contribution in [0.4, 0.5) is 0 Å². The fourth-order valence-electron chi connectivity index (χ4n) is 2.09. The molecular formula is C10H15N3O4. The molecule has 0 aromatic carbocycles. The van der Waals surface area contributed by atoms with Crippen molar-refractivity contribution in [3.8, 4) is 0 Å². The Morgan fingerprint density at radius 2 is 2.00 bits per heavy atom. The van der Waals surface area contributed by atoms with Crippen molar-refractivity contribution in [2.75, 3.05) is 6.73 Å². The monoisotopic (exact) mass is 241 g/mol. The zero-order valence-corrected chi connectivity index (χ0v) is 9.41. The van der Waals surface area contributed by atoms with Gasteiger partial charge in [-0.05, 0) is 37.1 Å². The quantitative estimate of drug-likeness (QED) is 0.343. The molecule has 1 aliphatic rings. The van der Waals surface area contributed by atoms with E-state index in [1.54, 1.807) is 0 Å². The lowest BCUT2D eigenvalue weighted by atomic mass is 9.80. The highest BCUT2D eigenvalue weighted by atomic mass is 16.5. The topological polar surface area (TPSA) is 112 Å². The standard InChI is InChI=1S/C10H15N3O4/c11-13-12-6-17-10(16)8-3-1-7(2-4-8)5-9(14)15/h7-8H,1-6H2,(H,14,15)/t7-,8+. The number of ether oxygens (including phenoxy) is 1. The average molecular weight is 241 g/mol. The Balaban J connectivity index is 2.28. The molecule has 1 N–H and O–H groups in total. The Labute approximate surface area is 98.4 Å². The molecule has 1 aliphatic carbocycles. The lowest BCUT2D eigenvalue weighted by Crippen LogP contribution is -2.24. The van der Waals surface area contributed by atoms with Crippen molar-refractivity contribution in [2.45, 2.75) is 32.1 Å². The number of carboxylic acids is 1. The summed E-state index contributed by atoms with van der Waals surface area (Å²) < 4.78 is 4.76. The maximum atomic E-state index is 11.5. The predicted octanol–water partition coefficient (Wildman–Crippen LogP) is 2.08. The number of rotatable bonds is 5. The molecule has 0 amide bonds. The molecule has 17 heavy (non-hydrogen) atoms. The molecule has 0 bridgehead atoms. The number of hydrogen-bond donors (Lipinski definition) is 1. The van der Waals surface area contributed by atoms with Crippen molar-refractivity contribution < 1.29 is 19.4 Å². The Hall–Kier alpha value is -1.75. The lowest BCUT2D eigenvalue weighted by Gasteiger charge is -2.25. The number of carbonyl (C=O) groups excluding carboxylic acids is 1. The van der Waals surface area contributed by atoms with Gasteiger partial charge in [0.1, 0.15) is 0 Å². The largest absolute Gasteiger partial charge is 0.481 e. The minimum Gasteiger partial charge on any atom is -0.481 e. The van der Waals surface area contributed by atoms with Crippen LogP contribution in [0.25, 0.3) is 10.4 Å². The Morgan fingerprint density at radius 3 is 2.53 bits per heavy atom. The highest BCUT2D eigenvalue weighted by molar-refractivity contribution is 5.72. The fraction of sp³-hybridized carbons (Fsp3) is 0.800. The van der Waals surface area contributed by atoms with Gasteiger partial charge in [-0.3, -0.25) is 9.59 Å². The van der Waals surface area contributed by atoms with E-state index in [1.165, 1.54) is 0 Å². The van der Waals surface area contributed by atoms with Gasteiger partial charge in [0, 0.05) is 11.3 Å². The highest BCUT2D eigenvalue weighted by Crippen LogP contribution is 2.31. The molecule has 7 nitrogen and oxygen atoms in total. The Morgan fingerprint density at radius 1 is 1.35 bits per heavy atom. The van der Waals surface area contributed by atoms with Crippen molar-refractivity contribution in [3.05, 3.63) is 10.4 Å². The summed E-state index contributed by atoms with van der Waals surface area (Å²) in [5, 5.41) is 11.8. The van der Waals surface area contributed by atoms with Gasteiger partial charge >= 0.3 is 11.9 Å². The molecule has 0 aromatic rings. The van der Waals surface area contributed by atoms with Crippen LogP contribution < -0.4 is 0 Å². The molecule has 7 heteroatoms. The van der Waals surface area contributed by atoms with Crippen LogP contribution in [0.3, 0.4) is 0 Å². The number of hydrogen-bond acceptors (Lipinski definition) is 4. The molecule has 0 atom stereocenters. The Kier molecular flexibility index (Phi) is 5.29. The second-order valence-corrected chi connectivity index (χ2v) is 4.14. The van der Waals surface area contributed by atoms with Crippen LogP contribution in [0, 0.1) is 11.8 Å². The lowest BCUT2D eigenvalue weighted by molar-refractivity contribution is -0.149. The Bertz CT molecular complexity index is 330. The van der Waals surface area contributed by atoms with Crippen LogP contribution in [0.2, 0.25) is 0 Å². The summed E-state index contributed by atoms with van der Waals surface area (Å²) in [5.74, 6) is -1.17. The number of carboxylic acid groups (broad SMARTS) is 1. The van der Waals surface area contributed by atoms with E-state index in [9.17, 15) is 9.59 Å². The fourth-order valence-corrected chi connectivity index (χ4v) is 2.09. The third-order valence-corrected chi connectivity index (χ3v) is 2.97. The van der Waals surface area contributed by atoms with E-state index in [1.807, 2.05) is 0 Å². The molecule has 0 saturated heterocycles. The summed E-state index contributed by atoms with van der Waals surface area (Å²) in [6.07, 6.45) is 2.92. The van der Waals surface area contributed by atoms with Gasteiger partial charge in [-0.25, -0.2) is 0 Å². The van der Waals surface area contributed by atoms with Gasteiger partial charge in [0.15, 0.2) is 6.73 Å². The molecule has 0 aliphatic heterocycles. The molecule has 1 fully saturated rings. The maximum Gasteiger partial charge on any atom is 0.309 e. The minimum atomic E-state index is -0.792. The average Bonchev–Trinajstić information content (AvgIpc) is 2.29. The van der Waals surface area contributed by atoms with Gasteiger partial charge < -0.3 is 9.84 Å². The zero-order valence-electron chi connectivity index (χ0n) is 9.41. The number of nitrogens with zero attached hydrogens (tertiary/aromatic N) is 3. The first-order chi connectivity index (χ1) is 8.13. The van der Waals surface area contributed by atoms with Gasteiger partial charge in [0.05, 0.1) is 5.92 Å². The van der Waals surface area contributed by atoms with Crippen LogP contribution in [0.5, 0.6) is 0 Å². The number of esters is 1. The van der Waals surface area contributed by atoms with Crippen LogP contribution in [-0.4, -0.2) is 23.8 Å². The van der Waals surface area contributed by atoms with Crippen molar-refractivity contribution in [1.29, 1.82) is 0 Å². The van der Waals surface area contributed by atoms with Gasteiger partial charge in [0.25, 0.3) is 0 Å². The van der Waals surface area contributed by atoms with Crippen molar-refractivity contribution >= 4 is 11.9 Å². The van der Waals surface area contributed by atoms with E-state index in [-0.39, 0.29) is 31.0 Å². The van der Waals surface area contributed by atoms with Crippen LogP contribution in [-0.2, 0) is 14.3 Å². The number of carbonyl (C=O) groups is 2. The molecule has 0 spiro atoms. The summed E-state index contributed by atoms with van der Waals surface area (Å²) in [5.41, 5.74) is 8.02. The van der Waals surface area contributed by atoms with Crippen molar-refractivity contribution in [3.63, 3.8) is 0 Å². The summed E-state index contributed by atoms with van der Waals surface area (Å²) in [7, 11) is 0. The third-order valence-electron chi connectivity index (χ3n) is 2.97. The van der Waals surface area contributed by atoms with E-state index < -0.39 is 5.97 Å².